The number of aromatic nitrogens is 2. The van der Waals surface area contributed by atoms with E-state index in [9.17, 15) is 9.59 Å². The Morgan fingerprint density at radius 2 is 2.19 bits per heavy atom. The summed E-state index contributed by atoms with van der Waals surface area (Å²) in [6.45, 7) is 2.33. The van der Waals surface area contributed by atoms with E-state index >= 15 is 0 Å². The van der Waals surface area contributed by atoms with Crippen molar-refractivity contribution in [3.63, 3.8) is 0 Å². The second-order valence-corrected chi connectivity index (χ2v) is 4.53. The Hall–Kier alpha value is -1.21. The van der Waals surface area contributed by atoms with Crippen LogP contribution in [0.25, 0.3) is 0 Å². The fourth-order valence-corrected chi connectivity index (χ4v) is 1.82. The van der Waals surface area contributed by atoms with Crippen molar-refractivity contribution in [3.05, 3.63) is 9.47 Å². The number of nitrogens with zero attached hydrogens (tertiary/aromatic N) is 3. The van der Waals surface area contributed by atoms with E-state index in [2.05, 4.69) is 15.5 Å². The molecule has 0 aromatic carbocycles. The third-order valence-electron chi connectivity index (χ3n) is 1.68. The monoisotopic (exact) mass is 262 g/mol. The van der Waals surface area contributed by atoms with Crippen molar-refractivity contribution in [2.45, 2.75) is 6.92 Å². The molecule has 8 heteroatoms. The maximum atomic E-state index is 11.7. The summed E-state index contributed by atoms with van der Waals surface area (Å²) in [5.41, 5.74) is 0. The molecule has 6 nitrogen and oxygen atoms in total. The van der Waals surface area contributed by atoms with Crippen molar-refractivity contribution in [2.24, 2.45) is 0 Å². The lowest BCUT2D eigenvalue weighted by Gasteiger charge is -2.14. The van der Waals surface area contributed by atoms with Gasteiger partial charge < -0.3 is 10.2 Å². The normalized spacial score (nSPS) is 9.94. The average molecular weight is 263 g/mol. The number of likely N-dealkylation sites (N-methyl/N-ethyl adjacent to an activating group) is 2. The summed E-state index contributed by atoms with van der Waals surface area (Å²) in [4.78, 5) is 24.2. The average Bonchev–Trinajstić information content (AvgIpc) is 2.64. The zero-order valence-corrected chi connectivity index (χ0v) is 10.4. The van der Waals surface area contributed by atoms with Crippen LogP contribution >= 0.6 is 22.9 Å². The minimum absolute atomic E-state index is 0.0100. The summed E-state index contributed by atoms with van der Waals surface area (Å²) in [6, 6.07) is 0. The number of hydrogen-bond donors (Lipinski definition) is 1. The van der Waals surface area contributed by atoms with Crippen LogP contribution in [0.3, 0.4) is 0 Å². The van der Waals surface area contributed by atoms with E-state index in [1.165, 1.54) is 11.9 Å². The summed E-state index contributed by atoms with van der Waals surface area (Å²) in [7, 11) is 1.52. The SMILES string of the molecule is CCNC(=O)CN(C)C(=O)c1nnc(Cl)s1. The molecular formula is C8H11ClN4O2S. The molecular weight excluding hydrogens is 252 g/mol. The first-order chi connectivity index (χ1) is 7.54. The summed E-state index contributed by atoms with van der Waals surface area (Å²) in [5, 5.41) is 9.90. The smallest absolute Gasteiger partial charge is 0.285 e. The molecule has 1 heterocycles. The molecule has 0 aliphatic carbocycles. The molecule has 0 saturated heterocycles. The summed E-state index contributed by atoms with van der Waals surface area (Å²) in [5.74, 6) is -0.579. The maximum absolute atomic E-state index is 11.7. The highest BCUT2D eigenvalue weighted by molar-refractivity contribution is 7.17. The van der Waals surface area contributed by atoms with Gasteiger partial charge in [-0.05, 0) is 18.5 Å². The van der Waals surface area contributed by atoms with Crippen LogP contribution < -0.4 is 5.32 Å². The molecule has 0 radical (unpaired) electrons. The van der Waals surface area contributed by atoms with Crippen LogP contribution in [0.2, 0.25) is 4.47 Å². The highest BCUT2D eigenvalue weighted by Crippen LogP contribution is 2.15. The number of amides is 2. The lowest BCUT2D eigenvalue weighted by atomic mass is 10.4. The second-order valence-electron chi connectivity index (χ2n) is 2.97. The van der Waals surface area contributed by atoms with Crippen molar-refractivity contribution < 1.29 is 9.59 Å². The van der Waals surface area contributed by atoms with Gasteiger partial charge in [0, 0.05) is 13.6 Å². The molecule has 2 amide bonds. The van der Waals surface area contributed by atoms with Gasteiger partial charge in [0.2, 0.25) is 15.4 Å². The molecule has 0 fully saturated rings. The van der Waals surface area contributed by atoms with Gasteiger partial charge in [-0.1, -0.05) is 11.3 Å². The molecule has 0 aliphatic heterocycles. The first kappa shape index (κ1) is 12.9. The molecule has 16 heavy (non-hydrogen) atoms. The second kappa shape index (κ2) is 5.76. The van der Waals surface area contributed by atoms with Crippen LogP contribution in [0.5, 0.6) is 0 Å². The minimum atomic E-state index is -0.365. The van der Waals surface area contributed by atoms with E-state index in [1.54, 1.807) is 0 Å². The number of halogens is 1. The summed E-state index contributed by atoms with van der Waals surface area (Å²) < 4.78 is 0.203. The van der Waals surface area contributed by atoms with Crippen LogP contribution in [0, 0.1) is 0 Å². The molecule has 0 unspecified atom stereocenters. The van der Waals surface area contributed by atoms with Crippen molar-refractivity contribution >= 4 is 34.8 Å². The quantitative estimate of drug-likeness (QED) is 0.852. The number of rotatable bonds is 4. The fourth-order valence-electron chi connectivity index (χ4n) is 0.995. The Balaban J connectivity index is 2.57. The van der Waals surface area contributed by atoms with E-state index in [0.29, 0.717) is 6.54 Å². The van der Waals surface area contributed by atoms with E-state index in [-0.39, 0.29) is 27.8 Å². The maximum Gasteiger partial charge on any atom is 0.285 e. The van der Waals surface area contributed by atoms with Crippen LogP contribution in [0.4, 0.5) is 0 Å². The van der Waals surface area contributed by atoms with Crippen LogP contribution in [0.1, 0.15) is 16.7 Å². The number of hydrogen-bond acceptors (Lipinski definition) is 5. The van der Waals surface area contributed by atoms with Crippen LogP contribution in [-0.2, 0) is 4.79 Å². The zero-order valence-electron chi connectivity index (χ0n) is 8.86. The third-order valence-corrected chi connectivity index (χ3v) is 2.69. The highest BCUT2D eigenvalue weighted by Gasteiger charge is 2.18. The third kappa shape index (κ3) is 3.42. The van der Waals surface area contributed by atoms with Gasteiger partial charge in [-0.15, -0.1) is 10.2 Å². The summed E-state index contributed by atoms with van der Waals surface area (Å²) >= 11 is 6.54. The van der Waals surface area contributed by atoms with Crippen molar-refractivity contribution in [2.75, 3.05) is 20.1 Å². The van der Waals surface area contributed by atoms with E-state index in [0.717, 1.165) is 11.3 Å². The molecule has 0 bridgehead atoms. The lowest BCUT2D eigenvalue weighted by molar-refractivity contribution is -0.121. The predicted octanol–water partition coefficient (Wildman–Crippen LogP) is 0.400. The fraction of sp³-hybridized carbons (Fsp3) is 0.500. The molecule has 0 atom stereocenters. The number of carbonyl (C=O) groups excluding carboxylic acids is 2. The van der Waals surface area contributed by atoms with E-state index in [1.807, 2.05) is 6.92 Å². The molecule has 0 saturated carbocycles. The van der Waals surface area contributed by atoms with Gasteiger partial charge in [-0.2, -0.15) is 0 Å². The van der Waals surface area contributed by atoms with Crippen LogP contribution in [0.15, 0.2) is 0 Å². The van der Waals surface area contributed by atoms with Gasteiger partial charge in [-0.3, -0.25) is 9.59 Å². The first-order valence-corrected chi connectivity index (χ1v) is 5.75. The van der Waals surface area contributed by atoms with E-state index < -0.39 is 0 Å². The molecule has 1 rings (SSSR count). The van der Waals surface area contributed by atoms with Crippen LogP contribution in [-0.4, -0.2) is 47.0 Å². The summed E-state index contributed by atoms with van der Waals surface area (Å²) in [6.07, 6.45) is 0. The van der Waals surface area contributed by atoms with Gasteiger partial charge in [0.25, 0.3) is 5.91 Å². The Labute approximate surface area is 102 Å². The largest absolute Gasteiger partial charge is 0.355 e. The number of nitrogens with one attached hydrogen (secondary N) is 1. The molecule has 1 aromatic heterocycles. The Morgan fingerprint density at radius 3 is 2.69 bits per heavy atom. The zero-order chi connectivity index (χ0) is 12.1. The first-order valence-electron chi connectivity index (χ1n) is 4.55. The van der Waals surface area contributed by atoms with Gasteiger partial charge in [0.05, 0.1) is 6.54 Å². The Bertz CT molecular complexity index is 395. The standard InChI is InChI=1S/C8H11ClN4O2S/c1-3-10-5(14)4-13(2)7(15)6-11-12-8(9)16-6/h3-4H2,1-2H3,(H,10,14). The predicted molar refractivity (Wildman–Crippen MR) is 60.6 cm³/mol. The van der Waals surface area contributed by atoms with Gasteiger partial charge in [0.1, 0.15) is 0 Å². The Morgan fingerprint density at radius 1 is 1.50 bits per heavy atom. The molecule has 0 spiro atoms. The van der Waals surface area contributed by atoms with Gasteiger partial charge in [-0.25, -0.2) is 0 Å². The van der Waals surface area contributed by atoms with Gasteiger partial charge >= 0.3 is 0 Å². The molecule has 1 aromatic rings. The van der Waals surface area contributed by atoms with Crippen molar-refractivity contribution in [1.82, 2.24) is 20.4 Å². The topological polar surface area (TPSA) is 75.2 Å². The van der Waals surface area contributed by atoms with Crippen molar-refractivity contribution in [3.8, 4) is 0 Å². The molecule has 1 N–H and O–H groups in total. The minimum Gasteiger partial charge on any atom is -0.355 e. The molecule has 88 valence electrons. The van der Waals surface area contributed by atoms with Crippen molar-refractivity contribution in [1.29, 1.82) is 0 Å². The highest BCUT2D eigenvalue weighted by atomic mass is 35.5. The van der Waals surface area contributed by atoms with E-state index in [4.69, 9.17) is 11.6 Å². The van der Waals surface area contributed by atoms with Gasteiger partial charge in [0.15, 0.2) is 0 Å². The molecule has 0 aliphatic rings. The lowest BCUT2D eigenvalue weighted by Crippen LogP contribution is -2.38. The Kier molecular flexibility index (Phi) is 4.63. The number of carbonyl (C=O) groups is 2.